The van der Waals surface area contributed by atoms with Crippen LogP contribution in [0.25, 0.3) is 0 Å². The Balaban J connectivity index is 1.19. The molecule has 0 radical (unpaired) electrons. The first-order valence-electron chi connectivity index (χ1n) is 20.4. The van der Waals surface area contributed by atoms with Gasteiger partial charge in [0.2, 0.25) is 0 Å². The van der Waals surface area contributed by atoms with Gasteiger partial charge in [0.25, 0.3) is 0 Å². The largest absolute Gasteiger partial charge is 0.290 e. The van der Waals surface area contributed by atoms with Crippen LogP contribution in [0.5, 0.6) is 0 Å². The van der Waals surface area contributed by atoms with Crippen molar-refractivity contribution in [3.63, 3.8) is 0 Å². The van der Waals surface area contributed by atoms with Crippen molar-refractivity contribution in [3.05, 3.63) is 190 Å². The van der Waals surface area contributed by atoms with E-state index in [-0.39, 0.29) is 119 Å². The van der Waals surface area contributed by atoms with E-state index < -0.39 is 0 Å². The fourth-order valence-electron chi connectivity index (χ4n) is 9.46. The highest BCUT2D eigenvalue weighted by Crippen LogP contribution is 2.42. The van der Waals surface area contributed by atoms with E-state index >= 15 is 0 Å². The lowest BCUT2D eigenvalue weighted by Gasteiger charge is -2.30. The fourth-order valence-corrected chi connectivity index (χ4v) is 9.46. The van der Waals surface area contributed by atoms with Gasteiger partial charge >= 0.3 is 0 Å². The maximum atomic E-state index is 14.6. The van der Waals surface area contributed by atoms with Crippen molar-refractivity contribution in [1.29, 1.82) is 0 Å². The summed E-state index contributed by atoms with van der Waals surface area (Å²) < 4.78 is 0. The van der Waals surface area contributed by atoms with Crippen LogP contribution in [0.4, 0.5) is 0 Å². The Morgan fingerprint density at radius 3 is 0.533 bits per heavy atom. The van der Waals surface area contributed by atoms with Crippen LogP contribution >= 0.6 is 0 Å². The summed E-state index contributed by atoms with van der Waals surface area (Å²) in [5.74, 6) is -4.07. The van der Waals surface area contributed by atoms with Gasteiger partial charge in [-0.15, -0.1) is 0 Å². The maximum absolute atomic E-state index is 14.6. The van der Waals surface area contributed by atoms with Gasteiger partial charge in [-0.05, 0) is 48.6 Å². The molecule has 0 spiro atoms. The highest BCUT2D eigenvalue weighted by molar-refractivity contribution is 6.18. The Labute approximate surface area is 347 Å². The number of rotatable bonds is 4. The van der Waals surface area contributed by atoms with Gasteiger partial charge in [-0.1, -0.05) is 97.2 Å². The highest BCUT2D eigenvalue weighted by Gasteiger charge is 2.37. The van der Waals surface area contributed by atoms with Crippen LogP contribution in [-0.2, 0) is 38.4 Å². The molecule has 8 heteroatoms. The number of ketones is 8. The molecule has 9 aliphatic rings. The Morgan fingerprint density at radius 1 is 0.233 bits per heavy atom. The van der Waals surface area contributed by atoms with Gasteiger partial charge in [0.05, 0.1) is 0 Å². The third-order valence-electron chi connectivity index (χ3n) is 12.6. The molecule has 0 amide bonds. The quantitative estimate of drug-likeness (QED) is 0.297. The number of hydrogen-bond acceptors (Lipinski definition) is 8. The summed E-state index contributed by atoms with van der Waals surface area (Å²) in [5.41, 5.74) is 3.14. The molecule has 0 heterocycles. The van der Waals surface area contributed by atoms with Gasteiger partial charge < -0.3 is 0 Å². The number of allylic oxidation sites excluding steroid dienone is 32. The molecule has 0 N–H and O–H groups in total. The molecule has 1 fully saturated rings. The number of carbonyl (C=O) groups is 8. The van der Waals surface area contributed by atoms with Crippen molar-refractivity contribution in [1.82, 2.24) is 0 Å². The average molecular weight is 793 g/mol. The second kappa shape index (κ2) is 15.8. The van der Waals surface area contributed by atoms with Gasteiger partial charge in [0.1, 0.15) is 0 Å². The third kappa shape index (κ3) is 7.73. The van der Waals surface area contributed by atoms with Crippen molar-refractivity contribution in [2.24, 2.45) is 47.3 Å². The minimum absolute atomic E-state index is 0.00354. The first-order chi connectivity index (χ1) is 28.9. The van der Waals surface area contributed by atoms with Gasteiger partial charge in [0.15, 0.2) is 46.3 Å². The smallest absolute Gasteiger partial charge is 0.185 e. The highest BCUT2D eigenvalue weighted by atomic mass is 16.2. The van der Waals surface area contributed by atoms with Crippen molar-refractivity contribution < 1.29 is 38.4 Å². The summed E-state index contributed by atoms with van der Waals surface area (Å²) in [4.78, 5) is 107. The zero-order chi connectivity index (χ0) is 41.7. The van der Waals surface area contributed by atoms with Crippen LogP contribution in [0, 0.1) is 47.3 Å². The molecule has 0 unspecified atom stereocenters. The van der Waals surface area contributed by atoms with Gasteiger partial charge in [-0.25, -0.2) is 0 Å². The van der Waals surface area contributed by atoms with Crippen LogP contribution < -0.4 is 0 Å². The molecular formula is C52H40O8. The Bertz CT molecular complexity index is 2110. The summed E-state index contributed by atoms with van der Waals surface area (Å²) >= 11 is 0. The predicted molar refractivity (Wildman–Crippen MR) is 224 cm³/mol. The van der Waals surface area contributed by atoms with Crippen molar-refractivity contribution >= 4 is 46.3 Å². The van der Waals surface area contributed by atoms with Gasteiger partial charge in [-0.3, -0.25) is 38.4 Å². The minimum atomic E-state index is -0.352. The van der Waals surface area contributed by atoms with Crippen LogP contribution in [0.1, 0.15) is 25.7 Å². The van der Waals surface area contributed by atoms with E-state index in [9.17, 15) is 38.4 Å². The summed E-state index contributed by atoms with van der Waals surface area (Å²) in [6, 6.07) is 0. The Kier molecular flexibility index (Phi) is 10.2. The third-order valence-corrected chi connectivity index (χ3v) is 12.6. The fraction of sp³-hybridized carbons (Fsp3) is 0.231. The molecule has 1 saturated carbocycles. The lowest BCUT2D eigenvalue weighted by atomic mass is 9.72. The average Bonchev–Trinajstić information content (AvgIpc) is 3.24. The minimum Gasteiger partial charge on any atom is -0.290 e. The molecule has 8 nitrogen and oxygen atoms in total. The number of Topliss-reactive ketones (excluding diaryl/α,β-unsaturated/α-hetero) is 4. The zero-order valence-corrected chi connectivity index (χ0v) is 32.6. The first-order valence-corrected chi connectivity index (χ1v) is 20.4. The van der Waals surface area contributed by atoms with E-state index in [1.54, 1.807) is 48.6 Å². The SMILES string of the molecule is O=C1C=CC(C2C=C3CC4=CC(C5C=CC(=O)C=C5)C=C(CC5=CC(C6C=CC(=O)C=C6)C=C(CC6=CC(C7C=CC(=O)C=C7)C=C(CC(=C2)C3=O)C6=O)C5=O)C4=O)C=C1. The van der Waals surface area contributed by atoms with E-state index in [0.29, 0.717) is 44.6 Å². The van der Waals surface area contributed by atoms with Crippen LogP contribution in [0.3, 0.4) is 0 Å². The predicted octanol–water partition coefficient (Wildman–Crippen LogP) is 7.01. The second-order valence-corrected chi connectivity index (χ2v) is 16.7. The molecule has 60 heavy (non-hydrogen) atoms. The molecule has 0 aliphatic heterocycles. The van der Waals surface area contributed by atoms with Crippen molar-refractivity contribution in [2.45, 2.75) is 25.7 Å². The number of hydrogen-bond donors (Lipinski definition) is 0. The second-order valence-electron chi connectivity index (χ2n) is 16.7. The normalized spacial score (nSPS) is 28.7. The molecule has 9 rings (SSSR count). The first kappa shape index (κ1) is 38.7. The molecule has 296 valence electrons. The van der Waals surface area contributed by atoms with Crippen LogP contribution in [0.15, 0.2) is 190 Å². The molecule has 0 saturated heterocycles. The van der Waals surface area contributed by atoms with Crippen LogP contribution in [0.2, 0.25) is 0 Å². The molecule has 0 aromatic heterocycles. The van der Waals surface area contributed by atoms with Gasteiger partial charge in [-0.2, -0.15) is 0 Å². The van der Waals surface area contributed by atoms with E-state index in [1.165, 1.54) is 48.6 Å². The van der Waals surface area contributed by atoms with E-state index in [1.807, 2.05) is 48.6 Å². The standard InChI is InChI=1S/C52H40O8/c53-45-9-1-29(2-10-45)33-17-37-25-39-19-34(30-3-11-46(54)12-4-30)21-41(50(39)58)27-43-23-36(32-7-15-48(56)16-8-32)24-44(52(43)60)28-42-22-35(31-5-13-47(55)14-6-31)20-40(51(42)59)26-38(18-33)49(37)57/h1-24,29-36H,25-28H2. The molecule has 0 aromatic rings. The van der Waals surface area contributed by atoms with Crippen LogP contribution in [-0.4, -0.2) is 46.3 Å². The molecule has 9 aliphatic carbocycles. The molecule has 0 aromatic carbocycles. The van der Waals surface area contributed by atoms with E-state index in [0.717, 1.165) is 0 Å². The summed E-state index contributed by atoms with van der Waals surface area (Å²) in [7, 11) is 0. The Morgan fingerprint density at radius 2 is 0.383 bits per heavy atom. The number of carbonyl (C=O) groups excluding carboxylic acids is 8. The lowest BCUT2D eigenvalue weighted by Crippen LogP contribution is -2.27. The van der Waals surface area contributed by atoms with E-state index in [2.05, 4.69) is 0 Å². The van der Waals surface area contributed by atoms with Crippen molar-refractivity contribution in [2.75, 3.05) is 0 Å². The van der Waals surface area contributed by atoms with Gasteiger partial charge in [0, 0.05) is 118 Å². The summed E-state index contributed by atoms with van der Waals surface area (Å²) in [5, 5.41) is 0. The lowest BCUT2D eigenvalue weighted by molar-refractivity contribution is -0.114. The summed E-state index contributed by atoms with van der Waals surface area (Å²) in [6.45, 7) is 0. The number of fused-ring (bicyclic) bond motifs is 8. The van der Waals surface area contributed by atoms with Crippen molar-refractivity contribution in [3.8, 4) is 0 Å². The van der Waals surface area contributed by atoms with E-state index in [4.69, 9.17) is 0 Å². The molecule has 8 bridgehead atoms. The topological polar surface area (TPSA) is 137 Å². The monoisotopic (exact) mass is 792 g/mol. The molecule has 0 atom stereocenters. The zero-order valence-electron chi connectivity index (χ0n) is 32.6. The molecular weight excluding hydrogens is 753 g/mol. The Hall–Kier alpha value is -6.80. The summed E-state index contributed by atoms with van der Waals surface area (Å²) in [6.07, 6.45) is 41.3. The maximum Gasteiger partial charge on any atom is 0.185 e.